The van der Waals surface area contributed by atoms with Crippen LogP contribution in [0.25, 0.3) is 0 Å². The summed E-state index contributed by atoms with van der Waals surface area (Å²) in [5.41, 5.74) is 1.23. The van der Waals surface area contributed by atoms with E-state index in [1.165, 1.54) is 5.69 Å². The Labute approximate surface area is 110 Å². The van der Waals surface area contributed by atoms with E-state index < -0.39 is 6.10 Å². The first-order valence-corrected chi connectivity index (χ1v) is 6.38. The summed E-state index contributed by atoms with van der Waals surface area (Å²) in [6, 6.07) is 10.3. The number of aliphatic hydroxyl groups excluding tert-OH is 1. The first-order chi connectivity index (χ1) is 8.74. The van der Waals surface area contributed by atoms with Gasteiger partial charge in [-0.25, -0.2) is 0 Å². The van der Waals surface area contributed by atoms with E-state index in [-0.39, 0.29) is 0 Å². The number of benzene rings is 1. The third kappa shape index (κ3) is 6.00. The summed E-state index contributed by atoms with van der Waals surface area (Å²) < 4.78 is 4.86. The molecule has 0 aliphatic heterocycles. The molecule has 102 valence electrons. The number of hydrogen-bond donors (Lipinski definition) is 2. The van der Waals surface area contributed by atoms with Crippen LogP contribution in [0.2, 0.25) is 0 Å². The molecule has 0 saturated heterocycles. The zero-order valence-corrected chi connectivity index (χ0v) is 11.3. The third-order valence-electron chi connectivity index (χ3n) is 2.78. The van der Waals surface area contributed by atoms with Crippen molar-refractivity contribution >= 4 is 5.69 Å². The van der Waals surface area contributed by atoms with Crippen molar-refractivity contribution in [3.05, 3.63) is 30.3 Å². The van der Waals surface area contributed by atoms with Gasteiger partial charge in [0.1, 0.15) is 0 Å². The predicted octanol–water partition coefficient (Wildman–Crippen LogP) is 1.11. The van der Waals surface area contributed by atoms with Gasteiger partial charge in [-0.3, -0.25) is 0 Å². The monoisotopic (exact) mass is 252 g/mol. The highest BCUT2D eigenvalue weighted by Gasteiger charge is 2.02. The number of anilines is 1. The van der Waals surface area contributed by atoms with Gasteiger partial charge in [-0.1, -0.05) is 18.2 Å². The second-order valence-corrected chi connectivity index (χ2v) is 4.42. The fraction of sp³-hybridized carbons (Fsp3) is 0.571. The van der Waals surface area contributed by atoms with Gasteiger partial charge in [0, 0.05) is 32.9 Å². The van der Waals surface area contributed by atoms with Gasteiger partial charge in [0.05, 0.1) is 12.7 Å². The van der Waals surface area contributed by atoms with Crippen molar-refractivity contribution in [2.24, 2.45) is 0 Å². The summed E-state index contributed by atoms with van der Waals surface area (Å²) in [6.45, 7) is 2.87. The van der Waals surface area contributed by atoms with Gasteiger partial charge in [-0.05, 0) is 25.1 Å². The average molecular weight is 252 g/mol. The molecule has 4 nitrogen and oxygen atoms in total. The number of para-hydroxylation sites is 1. The maximum absolute atomic E-state index is 9.44. The Bertz CT molecular complexity index is 306. The summed E-state index contributed by atoms with van der Waals surface area (Å²) in [5.74, 6) is 0. The molecule has 18 heavy (non-hydrogen) atoms. The molecule has 2 N–H and O–H groups in total. The highest BCUT2D eigenvalue weighted by Crippen LogP contribution is 2.10. The zero-order valence-electron chi connectivity index (χ0n) is 11.3. The highest BCUT2D eigenvalue weighted by molar-refractivity contribution is 5.44. The smallest absolute Gasteiger partial charge is 0.0897 e. The van der Waals surface area contributed by atoms with Crippen LogP contribution in [0.3, 0.4) is 0 Å². The van der Waals surface area contributed by atoms with Crippen LogP contribution in [0, 0.1) is 0 Å². The van der Waals surface area contributed by atoms with E-state index in [0.717, 1.165) is 19.5 Å². The molecule has 0 amide bonds. The fourth-order valence-electron chi connectivity index (χ4n) is 1.77. The van der Waals surface area contributed by atoms with Crippen LogP contribution < -0.4 is 10.2 Å². The van der Waals surface area contributed by atoms with Crippen LogP contribution in [0.15, 0.2) is 30.3 Å². The topological polar surface area (TPSA) is 44.7 Å². The minimum Gasteiger partial charge on any atom is -0.389 e. The molecule has 0 aromatic heterocycles. The summed E-state index contributed by atoms with van der Waals surface area (Å²) in [5, 5.41) is 12.7. The standard InChI is InChI=1S/C14H24N2O2/c1-16(13-7-4-3-5-8-13)10-6-9-15-11-14(17)12-18-2/h3-5,7-8,14-15,17H,6,9-12H2,1-2H3. The Morgan fingerprint density at radius 3 is 2.72 bits per heavy atom. The number of ether oxygens (including phenoxy) is 1. The van der Waals surface area contributed by atoms with Crippen LogP contribution in [0.4, 0.5) is 5.69 Å². The highest BCUT2D eigenvalue weighted by atomic mass is 16.5. The van der Waals surface area contributed by atoms with E-state index in [2.05, 4.69) is 29.4 Å². The molecule has 1 aromatic carbocycles. The molecular formula is C14H24N2O2. The molecular weight excluding hydrogens is 228 g/mol. The number of hydrogen-bond acceptors (Lipinski definition) is 4. The summed E-state index contributed by atoms with van der Waals surface area (Å²) in [4.78, 5) is 2.23. The second kappa shape index (κ2) is 8.91. The normalized spacial score (nSPS) is 12.4. The summed E-state index contributed by atoms with van der Waals surface area (Å²) >= 11 is 0. The molecule has 0 radical (unpaired) electrons. The lowest BCUT2D eigenvalue weighted by Gasteiger charge is -2.19. The molecule has 1 rings (SSSR count). The number of rotatable bonds is 9. The molecule has 0 spiro atoms. The average Bonchev–Trinajstić information content (AvgIpc) is 2.39. The molecule has 1 aromatic rings. The molecule has 4 heteroatoms. The van der Waals surface area contributed by atoms with Gasteiger partial charge in [0.2, 0.25) is 0 Å². The Kier molecular flexibility index (Phi) is 7.41. The number of nitrogens with zero attached hydrogens (tertiary/aromatic N) is 1. The molecule has 0 aliphatic carbocycles. The summed E-state index contributed by atoms with van der Waals surface area (Å²) in [7, 11) is 3.69. The van der Waals surface area contributed by atoms with Gasteiger partial charge in [-0.15, -0.1) is 0 Å². The van der Waals surface area contributed by atoms with E-state index in [0.29, 0.717) is 13.2 Å². The van der Waals surface area contributed by atoms with Crippen molar-refractivity contribution in [2.45, 2.75) is 12.5 Å². The SMILES string of the molecule is COCC(O)CNCCCN(C)c1ccccc1. The lowest BCUT2D eigenvalue weighted by atomic mass is 10.3. The van der Waals surface area contributed by atoms with Crippen LogP contribution >= 0.6 is 0 Å². The lowest BCUT2D eigenvalue weighted by molar-refractivity contribution is 0.0647. The van der Waals surface area contributed by atoms with Gasteiger partial charge >= 0.3 is 0 Å². The lowest BCUT2D eigenvalue weighted by Crippen LogP contribution is -2.32. The Hall–Kier alpha value is -1.10. The number of nitrogens with one attached hydrogen (secondary N) is 1. The number of aliphatic hydroxyl groups is 1. The molecule has 1 atom stereocenters. The van der Waals surface area contributed by atoms with Crippen LogP contribution in [-0.4, -0.2) is 51.6 Å². The quantitative estimate of drug-likeness (QED) is 0.646. The Morgan fingerprint density at radius 2 is 2.06 bits per heavy atom. The largest absolute Gasteiger partial charge is 0.389 e. The van der Waals surface area contributed by atoms with Crippen molar-refractivity contribution in [3.8, 4) is 0 Å². The molecule has 0 aliphatic rings. The zero-order chi connectivity index (χ0) is 13.2. The summed E-state index contributed by atoms with van der Waals surface area (Å²) in [6.07, 6.45) is 0.632. The van der Waals surface area contributed by atoms with Crippen molar-refractivity contribution in [2.75, 3.05) is 45.3 Å². The van der Waals surface area contributed by atoms with Crippen molar-refractivity contribution in [1.82, 2.24) is 5.32 Å². The fourth-order valence-corrected chi connectivity index (χ4v) is 1.77. The molecule has 1 unspecified atom stereocenters. The predicted molar refractivity (Wildman–Crippen MR) is 75.1 cm³/mol. The Balaban J connectivity index is 2.08. The van der Waals surface area contributed by atoms with Crippen LogP contribution in [0.1, 0.15) is 6.42 Å². The van der Waals surface area contributed by atoms with E-state index in [1.807, 2.05) is 18.2 Å². The number of methoxy groups -OCH3 is 1. The maximum atomic E-state index is 9.44. The van der Waals surface area contributed by atoms with Crippen molar-refractivity contribution in [1.29, 1.82) is 0 Å². The molecule has 0 saturated carbocycles. The van der Waals surface area contributed by atoms with E-state index in [4.69, 9.17) is 4.74 Å². The van der Waals surface area contributed by atoms with Crippen LogP contribution in [-0.2, 0) is 4.74 Å². The third-order valence-corrected chi connectivity index (χ3v) is 2.78. The van der Waals surface area contributed by atoms with Crippen molar-refractivity contribution in [3.63, 3.8) is 0 Å². The minimum absolute atomic E-state index is 0.386. The second-order valence-electron chi connectivity index (χ2n) is 4.42. The molecule has 0 fully saturated rings. The van der Waals surface area contributed by atoms with Gasteiger partial charge in [-0.2, -0.15) is 0 Å². The molecule has 0 heterocycles. The molecule has 0 bridgehead atoms. The Morgan fingerprint density at radius 1 is 1.33 bits per heavy atom. The van der Waals surface area contributed by atoms with Gasteiger partial charge < -0.3 is 20.1 Å². The van der Waals surface area contributed by atoms with E-state index in [1.54, 1.807) is 7.11 Å². The first kappa shape index (κ1) is 15.0. The van der Waals surface area contributed by atoms with Gasteiger partial charge in [0.25, 0.3) is 0 Å². The van der Waals surface area contributed by atoms with E-state index >= 15 is 0 Å². The van der Waals surface area contributed by atoms with Crippen molar-refractivity contribution < 1.29 is 9.84 Å². The first-order valence-electron chi connectivity index (χ1n) is 6.38. The van der Waals surface area contributed by atoms with E-state index in [9.17, 15) is 5.11 Å². The maximum Gasteiger partial charge on any atom is 0.0897 e. The minimum atomic E-state index is -0.415. The van der Waals surface area contributed by atoms with Crippen LogP contribution in [0.5, 0.6) is 0 Å². The van der Waals surface area contributed by atoms with Gasteiger partial charge in [0.15, 0.2) is 0 Å².